The van der Waals surface area contributed by atoms with Gasteiger partial charge in [0, 0.05) is 20.6 Å². The summed E-state index contributed by atoms with van der Waals surface area (Å²) in [6.07, 6.45) is 0. The van der Waals surface area contributed by atoms with Crippen molar-refractivity contribution in [3.05, 3.63) is 0 Å². The van der Waals surface area contributed by atoms with E-state index in [1.165, 1.54) is 0 Å². The maximum Gasteiger partial charge on any atom is 0.448 e. The van der Waals surface area contributed by atoms with Gasteiger partial charge in [0.15, 0.2) is 0 Å². The number of thiocarbonyl (C=S) groups is 4. The largest absolute Gasteiger partial charge is 0.448 e. The standard InChI is InChI=1S/C20H36B4N8S4/c1-17(2,3)29-21(25-13-33)30(18(4,5)6)23(27-15-35)32(20(10,11)12)24(28-16-36)31(19(7,8)9)22(29)26-14-34/h1-12H3. The molecule has 0 aliphatic carbocycles. The third-order valence-electron chi connectivity index (χ3n) is 5.76. The molecule has 1 fully saturated rings. The van der Waals surface area contributed by atoms with Crippen molar-refractivity contribution in [3.63, 3.8) is 0 Å². The van der Waals surface area contributed by atoms with Crippen LogP contribution in [0.25, 0.3) is 0 Å². The Morgan fingerprint density at radius 1 is 0.389 bits per heavy atom. The van der Waals surface area contributed by atoms with Crippen molar-refractivity contribution in [1.82, 2.24) is 18.9 Å². The van der Waals surface area contributed by atoms with Gasteiger partial charge in [-0.25, -0.2) is 0 Å². The number of isothiocyanates is 4. The van der Waals surface area contributed by atoms with E-state index in [1.54, 1.807) is 0 Å². The molecule has 1 aliphatic heterocycles. The third-order valence-corrected chi connectivity index (χ3v) is 6.18. The van der Waals surface area contributed by atoms with Crippen molar-refractivity contribution in [3.8, 4) is 0 Å². The van der Waals surface area contributed by atoms with Crippen LogP contribution in [0.4, 0.5) is 0 Å². The van der Waals surface area contributed by atoms with E-state index in [4.69, 9.17) is 68.5 Å². The first-order chi connectivity index (χ1) is 16.3. The Bertz CT molecular complexity index is 817. The van der Waals surface area contributed by atoms with Crippen LogP contribution in [0.1, 0.15) is 83.1 Å². The summed E-state index contributed by atoms with van der Waals surface area (Å²) in [4.78, 5) is 18.8. The first-order valence-electron chi connectivity index (χ1n) is 11.7. The zero-order chi connectivity index (χ0) is 28.3. The molecule has 0 spiro atoms. The summed E-state index contributed by atoms with van der Waals surface area (Å²) in [6.45, 7) is 25.1. The van der Waals surface area contributed by atoms with Crippen LogP contribution in [0.2, 0.25) is 0 Å². The minimum Gasteiger partial charge on any atom is -0.308 e. The van der Waals surface area contributed by atoms with Gasteiger partial charge in [-0.15, -0.1) is 0 Å². The number of hydrogen-bond donors (Lipinski definition) is 0. The lowest BCUT2D eigenvalue weighted by Crippen LogP contribution is -2.84. The predicted octanol–water partition coefficient (Wildman–Crippen LogP) is 4.75. The number of nitrogens with zero attached hydrogens (tertiary/aromatic N) is 8. The van der Waals surface area contributed by atoms with Gasteiger partial charge in [-0.05, 0) is 154 Å². The smallest absolute Gasteiger partial charge is 0.308 e. The summed E-state index contributed by atoms with van der Waals surface area (Å²) < 4.78 is 8.50. The predicted molar refractivity (Wildman–Crippen MR) is 169 cm³/mol. The van der Waals surface area contributed by atoms with Crippen molar-refractivity contribution >= 4 is 98.0 Å². The summed E-state index contributed by atoms with van der Waals surface area (Å²) in [6, 6.07) is 0. The van der Waals surface area contributed by atoms with Crippen LogP contribution in [0.5, 0.6) is 0 Å². The molecule has 0 amide bonds. The molecular weight excluding hydrogens is 524 g/mol. The minimum atomic E-state index is -0.649. The summed E-state index contributed by atoms with van der Waals surface area (Å²) in [5, 5.41) is 10.5. The molecule has 0 bridgehead atoms. The zero-order valence-corrected chi connectivity index (χ0v) is 26.8. The molecule has 0 radical (unpaired) electrons. The second kappa shape index (κ2) is 12.4. The Hall–Kier alpha value is -0.700. The molecule has 1 saturated heterocycles. The van der Waals surface area contributed by atoms with Gasteiger partial charge in [-0.3, -0.25) is 19.6 Å². The first kappa shape index (κ1) is 33.3. The van der Waals surface area contributed by atoms with Gasteiger partial charge in [-0.2, -0.15) is 0 Å². The van der Waals surface area contributed by atoms with Crippen molar-refractivity contribution in [2.24, 2.45) is 19.6 Å². The fraction of sp³-hybridized carbons (Fsp3) is 0.800. The fourth-order valence-electron chi connectivity index (χ4n) is 4.47. The number of hydrogen-bond acceptors (Lipinski definition) is 12. The average molecular weight is 560 g/mol. The number of rotatable bonds is 4. The second-order valence-electron chi connectivity index (χ2n) is 12.6. The summed E-state index contributed by atoms with van der Waals surface area (Å²) in [5.41, 5.74) is -1.91. The maximum atomic E-state index is 5.17. The molecule has 0 atom stereocenters. The molecule has 0 aromatic heterocycles. The van der Waals surface area contributed by atoms with Crippen LogP contribution >= 0.6 is 48.9 Å². The highest BCUT2D eigenvalue weighted by atomic mass is 32.1. The van der Waals surface area contributed by atoms with E-state index in [9.17, 15) is 0 Å². The normalized spacial score (nSPS) is 17.9. The highest BCUT2D eigenvalue weighted by Crippen LogP contribution is 2.36. The first-order valence-corrected chi connectivity index (χ1v) is 13.3. The zero-order valence-electron chi connectivity index (χ0n) is 23.5. The highest BCUT2D eigenvalue weighted by molar-refractivity contribution is 7.78. The lowest BCUT2D eigenvalue weighted by Gasteiger charge is -2.58. The lowest BCUT2D eigenvalue weighted by molar-refractivity contribution is 0.220. The van der Waals surface area contributed by atoms with Crippen LogP contribution in [-0.2, 0) is 0 Å². The van der Waals surface area contributed by atoms with Gasteiger partial charge in [0.1, 0.15) is 0 Å². The topological polar surface area (TPSA) is 62.4 Å². The van der Waals surface area contributed by atoms with Gasteiger partial charge < -0.3 is 18.9 Å². The summed E-state index contributed by atoms with van der Waals surface area (Å²) >= 11 is 20.7. The van der Waals surface area contributed by atoms with E-state index in [1.807, 2.05) is 0 Å². The average Bonchev–Trinajstić information content (AvgIpc) is 2.63. The van der Waals surface area contributed by atoms with Crippen LogP contribution in [0, 0.1) is 0 Å². The Labute approximate surface area is 240 Å². The van der Waals surface area contributed by atoms with E-state index in [-0.39, 0.29) is 0 Å². The highest BCUT2D eigenvalue weighted by Gasteiger charge is 2.63. The molecule has 0 saturated carbocycles. The van der Waals surface area contributed by atoms with Gasteiger partial charge >= 0.3 is 28.5 Å². The van der Waals surface area contributed by atoms with Crippen LogP contribution in [0.15, 0.2) is 19.6 Å². The maximum absolute atomic E-state index is 5.17. The van der Waals surface area contributed by atoms with Gasteiger partial charge in [0.2, 0.25) is 0 Å². The van der Waals surface area contributed by atoms with Crippen molar-refractivity contribution in [2.75, 3.05) is 0 Å². The van der Waals surface area contributed by atoms with Crippen LogP contribution in [0.3, 0.4) is 0 Å². The fourth-order valence-corrected chi connectivity index (χ4v) is 4.85. The summed E-state index contributed by atoms with van der Waals surface area (Å²) in [7, 11) is -2.60. The van der Waals surface area contributed by atoms with E-state index in [0.29, 0.717) is 0 Å². The van der Waals surface area contributed by atoms with Crippen molar-refractivity contribution in [1.29, 1.82) is 0 Å². The molecule has 0 unspecified atom stereocenters. The van der Waals surface area contributed by atoms with Gasteiger partial charge in [0.05, 0.1) is 0 Å². The SMILES string of the molecule is CC(C)(C)N1B(N=C=S)N(C(C)(C)C)B(N=C=S)N(C(C)(C)C)B(N=C=S)N(C(C)(C)C)B1N=C=S. The molecule has 1 rings (SSSR count). The van der Waals surface area contributed by atoms with E-state index in [0.717, 1.165) is 0 Å². The lowest BCUT2D eigenvalue weighted by atomic mass is 9.51. The summed E-state index contributed by atoms with van der Waals surface area (Å²) in [5.74, 6) is 0. The van der Waals surface area contributed by atoms with Gasteiger partial charge in [-0.1, -0.05) is 0 Å². The van der Waals surface area contributed by atoms with Crippen molar-refractivity contribution in [2.45, 2.75) is 105 Å². The second-order valence-corrected chi connectivity index (χ2v) is 13.3. The minimum absolute atomic E-state index is 0.477. The molecule has 192 valence electrons. The van der Waals surface area contributed by atoms with E-state index < -0.39 is 50.6 Å². The quantitative estimate of drug-likeness (QED) is 0.278. The van der Waals surface area contributed by atoms with E-state index >= 15 is 0 Å². The van der Waals surface area contributed by atoms with E-state index in [2.05, 4.69) is 123 Å². The van der Waals surface area contributed by atoms with Crippen molar-refractivity contribution < 1.29 is 0 Å². The monoisotopic (exact) mass is 560 g/mol. The molecular formula is C20H36B4N8S4. The Morgan fingerprint density at radius 3 is 0.611 bits per heavy atom. The molecule has 1 aliphatic rings. The molecule has 8 nitrogen and oxygen atoms in total. The Balaban J connectivity index is 4.53. The molecule has 0 aromatic carbocycles. The molecule has 16 heteroatoms. The molecule has 1 heterocycles. The molecule has 0 aromatic rings. The molecule has 0 N–H and O–H groups in total. The third kappa shape index (κ3) is 7.67. The Kier molecular flexibility index (Phi) is 11.5. The van der Waals surface area contributed by atoms with Crippen LogP contribution in [-0.4, -0.2) is 90.2 Å². The van der Waals surface area contributed by atoms with Crippen LogP contribution < -0.4 is 0 Å². The molecule has 36 heavy (non-hydrogen) atoms. The van der Waals surface area contributed by atoms with Gasteiger partial charge in [0.25, 0.3) is 0 Å². The Morgan fingerprint density at radius 2 is 0.528 bits per heavy atom.